The molecule has 1 fully saturated rings. The Morgan fingerprint density at radius 2 is 1.59 bits per heavy atom. The molecule has 5 rings (SSSR count). The fourth-order valence-electron chi connectivity index (χ4n) is 4.59. The van der Waals surface area contributed by atoms with Crippen LogP contribution in [0.1, 0.15) is 5.69 Å². The van der Waals surface area contributed by atoms with E-state index in [0.717, 1.165) is 65.3 Å². The summed E-state index contributed by atoms with van der Waals surface area (Å²) >= 11 is 0. The maximum Gasteiger partial charge on any atom is 0.161 e. The first-order valence-electron chi connectivity index (χ1n) is 11.4. The van der Waals surface area contributed by atoms with Crippen LogP contribution in [0.2, 0.25) is 0 Å². The number of para-hydroxylation sites is 1. The van der Waals surface area contributed by atoms with Crippen LogP contribution in [0.3, 0.4) is 0 Å². The summed E-state index contributed by atoms with van der Waals surface area (Å²) in [5.41, 5.74) is 10.7. The minimum absolute atomic E-state index is 0.460. The summed E-state index contributed by atoms with van der Waals surface area (Å²) in [5, 5.41) is 14.1. The van der Waals surface area contributed by atoms with Crippen LogP contribution in [0.15, 0.2) is 54.6 Å². The summed E-state index contributed by atoms with van der Waals surface area (Å²) in [7, 11) is 4.73. The smallest absolute Gasteiger partial charge is 0.161 e. The highest BCUT2D eigenvalue weighted by molar-refractivity contribution is 7.28. The Hall–Kier alpha value is -3.35. The monoisotopic (exact) mass is 475 g/mol. The van der Waals surface area contributed by atoms with Crippen molar-refractivity contribution in [1.82, 2.24) is 20.1 Å². The standard InChI is InChI=1S/C25H30N7OP/c1-17-21-22(25(34)32(23(21)26)19-8-10-20(11-9-19)33-16-27-2)24(29-28-17)31-14-12-30(13-15-31)18-6-4-3-5-7-18/h3-11,27H,12-16,26,34H2,1-2H3. The maximum atomic E-state index is 6.70. The molecule has 1 aliphatic heterocycles. The van der Waals surface area contributed by atoms with E-state index in [2.05, 4.69) is 69.5 Å². The molecular weight excluding hydrogens is 445 g/mol. The number of piperazine rings is 1. The van der Waals surface area contributed by atoms with Gasteiger partial charge < -0.3 is 20.3 Å². The number of aryl methyl sites for hydroxylation is 1. The highest BCUT2D eigenvalue weighted by Gasteiger charge is 2.25. The average molecular weight is 476 g/mol. The third-order valence-electron chi connectivity index (χ3n) is 6.30. The number of anilines is 3. The van der Waals surface area contributed by atoms with Gasteiger partial charge in [0.15, 0.2) is 5.82 Å². The second-order valence-corrected chi connectivity index (χ2v) is 8.96. The van der Waals surface area contributed by atoms with E-state index in [-0.39, 0.29) is 0 Å². The van der Waals surface area contributed by atoms with Crippen LogP contribution in [-0.2, 0) is 0 Å². The number of rotatable bonds is 6. The fraction of sp³-hybridized carbons (Fsp3) is 0.280. The van der Waals surface area contributed by atoms with E-state index >= 15 is 0 Å². The summed E-state index contributed by atoms with van der Waals surface area (Å²) in [6.45, 7) is 6.02. The summed E-state index contributed by atoms with van der Waals surface area (Å²) in [6.07, 6.45) is 0. The van der Waals surface area contributed by atoms with Gasteiger partial charge in [0.05, 0.1) is 21.9 Å². The van der Waals surface area contributed by atoms with Crippen LogP contribution in [0, 0.1) is 6.92 Å². The molecule has 1 unspecified atom stereocenters. The van der Waals surface area contributed by atoms with E-state index in [0.29, 0.717) is 12.5 Å². The van der Waals surface area contributed by atoms with Crippen LogP contribution in [-0.4, -0.2) is 54.7 Å². The number of nitrogens with zero attached hydrogens (tertiary/aromatic N) is 5. The van der Waals surface area contributed by atoms with E-state index < -0.39 is 0 Å². The largest absolute Gasteiger partial charge is 0.478 e. The number of nitrogens with two attached hydrogens (primary N) is 1. The first-order valence-corrected chi connectivity index (χ1v) is 12.0. The average Bonchev–Trinajstić information content (AvgIpc) is 3.15. The predicted molar refractivity (Wildman–Crippen MR) is 143 cm³/mol. The molecule has 1 saturated heterocycles. The van der Waals surface area contributed by atoms with Crippen molar-refractivity contribution >= 4 is 42.8 Å². The van der Waals surface area contributed by atoms with Crippen molar-refractivity contribution < 1.29 is 4.74 Å². The van der Waals surface area contributed by atoms with E-state index in [4.69, 9.17) is 10.5 Å². The topological polar surface area (TPSA) is 84.5 Å². The van der Waals surface area contributed by atoms with Gasteiger partial charge in [-0.3, -0.25) is 9.88 Å². The lowest BCUT2D eigenvalue weighted by atomic mass is 10.2. The van der Waals surface area contributed by atoms with Crippen molar-refractivity contribution in [3.8, 4) is 11.4 Å². The Morgan fingerprint density at radius 3 is 2.26 bits per heavy atom. The third kappa shape index (κ3) is 4.04. The quantitative estimate of drug-likeness (QED) is 0.328. The molecule has 1 atom stereocenters. The fourth-order valence-corrected chi connectivity index (χ4v) is 5.15. The molecule has 0 spiro atoms. The molecule has 2 aromatic carbocycles. The highest BCUT2D eigenvalue weighted by atomic mass is 31.0. The SMILES string of the molecule is CNCOc1ccc(-n2c(N)c3c(C)nnc(N4CCN(c5ccccc5)CC4)c3c2P)cc1. The molecule has 0 amide bonds. The van der Waals surface area contributed by atoms with Crippen molar-refractivity contribution in [2.75, 3.05) is 55.5 Å². The number of fused-ring (bicyclic) bond motifs is 1. The molecule has 3 heterocycles. The number of benzene rings is 2. The van der Waals surface area contributed by atoms with Crippen LogP contribution >= 0.6 is 9.24 Å². The molecule has 4 aromatic rings. The first kappa shape index (κ1) is 22.4. The summed E-state index contributed by atoms with van der Waals surface area (Å²) in [6, 6.07) is 18.5. The van der Waals surface area contributed by atoms with E-state index in [1.54, 1.807) is 0 Å². The Labute approximate surface area is 201 Å². The molecule has 2 aromatic heterocycles. The molecular formula is C25H30N7OP. The van der Waals surface area contributed by atoms with E-state index in [9.17, 15) is 0 Å². The third-order valence-corrected chi connectivity index (χ3v) is 6.85. The minimum Gasteiger partial charge on any atom is -0.478 e. The van der Waals surface area contributed by atoms with Crippen molar-refractivity contribution in [3.05, 3.63) is 60.3 Å². The maximum absolute atomic E-state index is 6.70. The zero-order valence-electron chi connectivity index (χ0n) is 19.5. The van der Waals surface area contributed by atoms with Gasteiger partial charge in [-0.1, -0.05) is 27.4 Å². The molecule has 0 bridgehead atoms. The Kier molecular flexibility index (Phi) is 6.26. The van der Waals surface area contributed by atoms with Crippen molar-refractivity contribution in [3.63, 3.8) is 0 Å². The zero-order chi connectivity index (χ0) is 23.7. The number of hydrogen-bond donors (Lipinski definition) is 2. The lowest BCUT2D eigenvalue weighted by molar-refractivity contribution is 0.296. The molecule has 0 saturated carbocycles. The second-order valence-electron chi connectivity index (χ2n) is 8.41. The number of nitrogen functional groups attached to an aromatic ring is 1. The molecule has 0 aliphatic carbocycles. The molecule has 8 nitrogen and oxygen atoms in total. The van der Waals surface area contributed by atoms with Gasteiger partial charge in [0, 0.05) is 37.6 Å². The Balaban J connectivity index is 1.48. The number of hydrogen-bond acceptors (Lipinski definition) is 7. The van der Waals surface area contributed by atoms with Crippen LogP contribution < -0.4 is 31.0 Å². The van der Waals surface area contributed by atoms with Gasteiger partial charge in [-0.25, -0.2) is 0 Å². The van der Waals surface area contributed by atoms with Gasteiger partial charge in [-0.2, -0.15) is 5.10 Å². The van der Waals surface area contributed by atoms with Crippen molar-refractivity contribution in [2.45, 2.75) is 6.92 Å². The van der Waals surface area contributed by atoms with Gasteiger partial charge in [0.25, 0.3) is 0 Å². The Morgan fingerprint density at radius 1 is 0.912 bits per heavy atom. The molecule has 176 valence electrons. The van der Waals surface area contributed by atoms with Crippen molar-refractivity contribution in [2.24, 2.45) is 0 Å². The van der Waals surface area contributed by atoms with Crippen LogP contribution in [0.5, 0.6) is 5.75 Å². The number of aromatic nitrogens is 3. The van der Waals surface area contributed by atoms with Crippen LogP contribution in [0.25, 0.3) is 16.5 Å². The van der Waals surface area contributed by atoms with E-state index in [1.807, 2.05) is 38.2 Å². The molecule has 9 heteroatoms. The predicted octanol–water partition coefficient (Wildman–Crippen LogP) is 2.69. The summed E-state index contributed by atoms with van der Waals surface area (Å²) in [4.78, 5) is 4.73. The number of ether oxygens (including phenoxy) is 1. The first-order chi connectivity index (χ1) is 16.6. The van der Waals surface area contributed by atoms with Crippen LogP contribution in [0.4, 0.5) is 17.3 Å². The zero-order valence-corrected chi connectivity index (χ0v) is 20.7. The van der Waals surface area contributed by atoms with Gasteiger partial charge in [-0.05, 0) is 50.4 Å². The molecule has 0 radical (unpaired) electrons. The molecule has 3 N–H and O–H groups in total. The lowest BCUT2D eigenvalue weighted by Crippen LogP contribution is -2.47. The lowest BCUT2D eigenvalue weighted by Gasteiger charge is -2.36. The van der Waals surface area contributed by atoms with E-state index in [1.165, 1.54) is 5.69 Å². The molecule has 34 heavy (non-hydrogen) atoms. The summed E-state index contributed by atoms with van der Waals surface area (Å²) < 4.78 is 7.69. The van der Waals surface area contributed by atoms with Gasteiger partial charge in [0.2, 0.25) is 0 Å². The van der Waals surface area contributed by atoms with Gasteiger partial charge >= 0.3 is 0 Å². The second kappa shape index (κ2) is 9.49. The van der Waals surface area contributed by atoms with Gasteiger partial charge in [-0.15, -0.1) is 5.10 Å². The minimum atomic E-state index is 0.460. The van der Waals surface area contributed by atoms with Crippen molar-refractivity contribution in [1.29, 1.82) is 0 Å². The normalized spacial score (nSPS) is 14.1. The number of nitrogens with one attached hydrogen (secondary N) is 1. The summed E-state index contributed by atoms with van der Waals surface area (Å²) in [5.74, 6) is 2.35. The highest BCUT2D eigenvalue weighted by Crippen LogP contribution is 2.34. The molecule has 1 aliphatic rings. The van der Waals surface area contributed by atoms with Gasteiger partial charge in [0.1, 0.15) is 18.3 Å². The Bertz CT molecular complexity index is 1280.